The molecule has 0 aliphatic carbocycles. The number of carbonyl (C=O) groups excluding carboxylic acids is 1. The molecule has 1 aromatic carbocycles. The molecular formula is C23H34FN4O4S+. The first-order valence-electron chi connectivity index (χ1n) is 11.5. The van der Waals surface area contributed by atoms with Crippen molar-refractivity contribution in [3.05, 3.63) is 47.8 Å². The van der Waals surface area contributed by atoms with Gasteiger partial charge in [0.1, 0.15) is 11.9 Å². The van der Waals surface area contributed by atoms with E-state index in [9.17, 15) is 17.6 Å². The molecule has 4 atom stereocenters. The molecule has 4 rings (SSSR count). The second-order valence-electron chi connectivity index (χ2n) is 9.54. The monoisotopic (exact) mass is 481 g/mol. The van der Waals surface area contributed by atoms with Gasteiger partial charge in [0.25, 0.3) is 10.2 Å². The Bertz CT molecular complexity index is 1030. The fourth-order valence-electron chi connectivity index (χ4n) is 5.51. The quantitative estimate of drug-likeness (QED) is 0.362. The van der Waals surface area contributed by atoms with Crippen LogP contribution < -0.4 is 5.14 Å². The number of rotatable bonds is 7. The second kappa shape index (κ2) is 9.16. The molecule has 2 unspecified atom stereocenters. The molecular weight excluding hydrogens is 447 g/mol. The number of halogens is 1. The van der Waals surface area contributed by atoms with E-state index in [0.717, 1.165) is 25.2 Å². The second-order valence-corrected chi connectivity index (χ2v) is 11.1. The zero-order chi connectivity index (χ0) is 24.0. The van der Waals surface area contributed by atoms with Gasteiger partial charge in [0.05, 0.1) is 25.3 Å². The number of piperazine rings is 1. The lowest BCUT2D eigenvalue weighted by atomic mass is 10.0. The third-order valence-electron chi connectivity index (χ3n) is 7.71. The van der Waals surface area contributed by atoms with E-state index in [1.807, 2.05) is 6.07 Å². The van der Waals surface area contributed by atoms with E-state index < -0.39 is 10.2 Å². The van der Waals surface area contributed by atoms with E-state index in [-0.39, 0.29) is 36.0 Å². The summed E-state index contributed by atoms with van der Waals surface area (Å²) >= 11 is 0. The van der Waals surface area contributed by atoms with Crippen molar-refractivity contribution < 1.29 is 26.8 Å². The Morgan fingerprint density at radius 3 is 2.64 bits per heavy atom. The molecule has 3 saturated heterocycles. The van der Waals surface area contributed by atoms with E-state index in [2.05, 4.69) is 18.4 Å². The van der Waals surface area contributed by atoms with Crippen molar-refractivity contribution >= 4 is 16.1 Å². The topological polar surface area (TPSA) is 92.9 Å². The minimum atomic E-state index is -3.70. The summed E-state index contributed by atoms with van der Waals surface area (Å²) in [6, 6.07) is 5.71. The average molecular weight is 482 g/mol. The zero-order valence-corrected chi connectivity index (χ0v) is 20.1. The number of carbonyl (C=O) groups is 1. The van der Waals surface area contributed by atoms with Crippen LogP contribution in [-0.4, -0.2) is 85.5 Å². The van der Waals surface area contributed by atoms with Gasteiger partial charge in [-0.3, -0.25) is 4.90 Å². The standard InChI is InChI=1S/C23H34FN4O4S/c1-4-23(29)28-12-11-26(14-21(28)17(28)3)15-22(18-6-5-16(2)20(24)13-18)32-19-7-9-27(10-8-19)33(25,30)31/h4-6,13,17,19,21-22H,1,7-12,14-15H2,2-3H3,(H2,25,30,31)/q+1/t17-,21?,22+,28?/m1/s1. The average Bonchev–Trinajstić information content (AvgIpc) is 3.38. The van der Waals surface area contributed by atoms with Gasteiger partial charge in [-0.05, 0) is 43.9 Å². The van der Waals surface area contributed by atoms with E-state index in [1.54, 1.807) is 13.0 Å². The van der Waals surface area contributed by atoms with Gasteiger partial charge in [0.15, 0.2) is 6.04 Å². The molecule has 33 heavy (non-hydrogen) atoms. The summed E-state index contributed by atoms with van der Waals surface area (Å²) in [4.78, 5) is 14.7. The smallest absolute Gasteiger partial charge is 0.338 e. The minimum Gasteiger partial charge on any atom is -0.369 e. The molecule has 3 heterocycles. The molecule has 3 fully saturated rings. The Balaban J connectivity index is 1.46. The maximum atomic E-state index is 14.4. The lowest BCUT2D eigenvalue weighted by molar-refractivity contribution is -0.749. The molecule has 0 aromatic heterocycles. The number of nitrogens with zero attached hydrogens (tertiary/aromatic N) is 3. The van der Waals surface area contributed by atoms with Gasteiger partial charge >= 0.3 is 5.91 Å². The summed E-state index contributed by atoms with van der Waals surface area (Å²) in [6.07, 6.45) is 2.01. The molecule has 1 amide bonds. The van der Waals surface area contributed by atoms with Crippen molar-refractivity contribution in [1.82, 2.24) is 9.21 Å². The maximum absolute atomic E-state index is 14.4. The van der Waals surface area contributed by atoms with E-state index >= 15 is 0 Å². The van der Waals surface area contributed by atoms with E-state index in [0.29, 0.717) is 42.5 Å². The van der Waals surface area contributed by atoms with Crippen LogP contribution in [0.3, 0.4) is 0 Å². The molecule has 0 spiro atoms. The molecule has 3 aliphatic heterocycles. The van der Waals surface area contributed by atoms with Crippen LogP contribution in [-0.2, 0) is 19.7 Å². The Kier molecular flexibility index (Phi) is 6.78. The third-order valence-corrected chi connectivity index (χ3v) is 8.80. The number of benzene rings is 1. The molecule has 10 heteroatoms. The normalized spacial score (nSPS) is 29.9. The molecule has 0 radical (unpaired) electrons. The van der Waals surface area contributed by atoms with E-state index in [1.165, 1.54) is 16.4 Å². The van der Waals surface area contributed by atoms with Gasteiger partial charge in [-0.1, -0.05) is 18.7 Å². The maximum Gasteiger partial charge on any atom is 0.338 e. The van der Waals surface area contributed by atoms with Crippen molar-refractivity contribution in [2.45, 2.75) is 51.0 Å². The number of hydrogen-bond acceptors (Lipinski definition) is 5. The summed E-state index contributed by atoms with van der Waals surface area (Å²) < 4.78 is 45.8. The minimum absolute atomic E-state index is 0.0853. The molecule has 2 N–H and O–H groups in total. The van der Waals surface area contributed by atoms with Crippen molar-refractivity contribution in [3.63, 3.8) is 0 Å². The number of ether oxygens (including phenoxy) is 1. The van der Waals surface area contributed by atoms with Crippen LogP contribution in [0.25, 0.3) is 0 Å². The van der Waals surface area contributed by atoms with Crippen LogP contribution in [0.4, 0.5) is 4.39 Å². The number of nitrogens with two attached hydrogens (primary N) is 1. The largest absolute Gasteiger partial charge is 0.369 e. The summed E-state index contributed by atoms with van der Waals surface area (Å²) in [7, 11) is -3.70. The summed E-state index contributed by atoms with van der Waals surface area (Å²) in [5, 5.41) is 5.25. The van der Waals surface area contributed by atoms with Gasteiger partial charge in [-0.15, -0.1) is 0 Å². The molecule has 1 aromatic rings. The number of amides is 1. The first kappa shape index (κ1) is 24.4. The number of quaternary nitrogens is 1. The van der Waals surface area contributed by atoms with Gasteiger partial charge in [-0.2, -0.15) is 12.7 Å². The van der Waals surface area contributed by atoms with E-state index in [4.69, 9.17) is 9.88 Å². The van der Waals surface area contributed by atoms with Gasteiger partial charge in [0.2, 0.25) is 0 Å². The highest BCUT2D eigenvalue weighted by molar-refractivity contribution is 7.86. The highest BCUT2D eigenvalue weighted by Gasteiger charge is 2.69. The Hall–Kier alpha value is -1.69. The highest BCUT2D eigenvalue weighted by atomic mass is 32.2. The van der Waals surface area contributed by atoms with Crippen molar-refractivity contribution in [3.8, 4) is 0 Å². The lowest BCUT2D eigenvalue weighted by Crippen LogP contribution is -2.51. The Morgan fingerprint density at radius 2 is 2.06 bits per heavy atom. The molecule has 182 valence electrons. The predicted octanol–water partition coefficient (Wildman–Crippen LogP) is 1.48. The third kappa shape index (κ3) is 4.78. The Labute approximate surface area is 195 Å². The van der Waals surface area contributed by atoms with Crippen LogP contribution in [0.5, 0.6) is 0 Å². The zero-order valence-electron chi connectivity index (χ0n) is 19.3. The fourth-order valence-corrected chi connectivity index (χ4v) is 6.23. The number of hydrogen-bond donors (Lipinski definition) is 1. The van der Waals surface area contributed by atoms with Crippen LogP contribution in [0.15, 0.2) is 30.9 Å². The number of fused-ring (bicyclic) bond motifs is 1. The Morgan fingerprint density at radius 1 is 1.36 bits per heavy atom. The van der Waals surface area contributed by atoms with Gasteiger partial charge < -0.3 is 4.74 Å². The number of aryl methyl sites for hydroxylation is 1. The first-order valence-corrected chi connectivity index (χ1v) is 13.0. The SMILES string of the molecule is C=CC(=O)[N+]12CCN(C[C@H](OC3CCN(S(N)(=O)=O)CC3)c3ccc(C)c(F)c3)CC1[C@H]2C. The van der Waals surface area contributed by atoms with Crippen LogP contribution >= 0.6 is 0 Å². The first-order chi connectivity index (χ1) is 15.6. The van der Waals surface area contributed by atoms with Crippen molar-refractivity contribution in [1.29, 1.82) is 0 Å². The molecule has 3 aliphatic rings. The number of piperidine rings is 1. The van der Waals surface area contributed by atoms with Gasteiger partial charge in [-0.25, -0.2) is 18.8 Å². The van der Waals surface area contributed by atoms with Crippen LogP contribution in [0, 0.1) is 12.7 Å². The van der Waals surface area contributed by atoms with Gasteiger partial charge in [0, 0.05) is 32.3 Å². The highest BCUT2D eigenvalue weighted by Crippen LogP contribution is 2.43. The summed E-state index contributed by atoms with van der Waals surface area (Å²) in [5.41, 5.74) is 1.35. The molecule has 0 saturated carbocycles. The summed E-state index contributed by atoms with van der Waals surface area (Å²) in [6.45, 7) is 11.0. The fraction of sp³-hybridized carbons (Fsp3) is 0.609. The van der Waals surface area contributed by atoms with Crippen LogP contribution in [0.2, 0.25) is 0 Å². The lowest BCUT2D eigenvalue weighted by Gasteiger charge is -2.36. The van der Waals surface area contributed by atoms with Crippen molar-refractivity contribution in [2.75, 3.05) is 39.3 Å². The molecule has 0 bridgehead atoms. The van der Waals surface area contributed by atoms with Crippen LogP contribution in [0.1, 0.15) is 37.0 Å². The predicted molar refractivity (Wildman–Crippen MR) is 123 cm³/mol. The van der Waals surface area contributed by atoms with Crippen molar-refractivity contribution in [2.24, 2.45) is 5.14 Å². The summed E-state index contributed by atoms with van der Waals surface area (Å²) in [5.74, 6) is -0.186. The molecule has 8 nitrogen and oxygen atoms in total.